The summed E-state index contributed by atoms with van der Waals surface area (Å²) in [6, 6.07) is 16.1. The molecule has 0 aliphatic carbocycles. The van der Waals surface area contributed by atoms with Gasteiger partial charge in [0.25, 0.3) is 5.91 Å². The molecule has 3 heterocycles. The van der Waals surface area contributed by atoms with Crippen LogP contribution in [0.4, 0.5) is 4.39 Å². The number of carbonyl (C=O) groups is 1. The summed E-state index contributed by atoms with van der Waals surface area (Å²) in [7, 11) is 0. The highest BCUT2D eigenvalue weighted by molar-refractivity contribution is 6.07. The Balaban J connectivity index is 1.43. The van der Waals surface area contributed by atoms with E-state index in [9.17, 15) is 14.3 Å². The molecular formula is C24H24FN3O2. The first-order chi connectivity index (χ1) is 14.6. The van der Waals surface area contributed by atoms with E-state index in [2.05, 4.69) is 4.90 Å². The third-order valence-electron chi connectivity index (χ3n) is 6.25. The van der Waals surface area contributed by atoms with Crippen LogP contribution in [0.3, 0.4) is 0 Å². The number of piperidine rings is 1. The van der Waals surface area contributed by atoms with E-state index >= 15 is 0 Å². The number of amides is 1. The normalized spacial score (nSPS) is 18.5. The van der Waals surface area contributed by atoms with E-state index in [-0.39, 0.29) is 17.8 Å². The first-order valence-corrected chi connectivity index (χ1v) is 10.5. The molecule has 2 saturated heterocycles. The molecule has 2 aliphatic rings. The summed E-state index contributed by atoms with van der Waals surface area (Å²) in [4.78, 5) is 22.4. The van der Waals surface area contributed by atoms with E-state index in [1.807, 2.05) is 35.2 Å². The van der Waals surface area contributed by atoms with Crippen molar-refractivity contribution in [3.8, 4) is 11.3 Å². The predicted octanol–water partition coefficient (Wildman–Crippen LogP) is 3.32. The Morgan fingerprint density at radius 3 is 2.43 bits per heavy atom. The fourth-order valence-corrected chi connectivity index (χ4v) is 4.51. The van der Waals surface area contributed by atoms with Crippen LogP contribution in [-0.4, -0.2) is 64.1 Å². The summed E-state index contributed by atoms with van der Waals surface area (Å²) in [5, 5.41) is 10.4. The lowest BCUT2D eigenvalue weighted by Crippen LogP contribution is -2.58. The van der Waals surface area contributed by atoms with Gasteiger partial charge in [-0.3, -0.25) is 9.69 Å². The lowest BCUT2D eigenvalue weighted by molar-refractivity contribution is -0.0381. The monoisotopic (exact) mass is 405 g/mol. The molecule has 0 atom stereocenters. The molecule has 1 aromatic heterocycles. The minimum Gasteiger partial charge on any atom is -0.390 e. The number of halogens is 1. The zero-order valence-electron chi connectivity index (χ0n) is 16.7. The van der Waals surface area contributed by atoms with E-state index in [4.69, 9.17) is 4.98 Å². The number of aliphatic hydroxyl groups excluding tert-OH is 1. The van der Waals surface area contributed by atoms with Crippen LogP contribution in [0.5, 0.6) is 0 Å². The maximum Gasteiger partial charge on any atom is 0.254 e. The van der Waals surface area contributed by atoms with E-state index in [1.165, 1.54) is 12.1 Å². The summed E-state index contributed by atoms with van der Waals surface area (Å²) in [6.07, 6.45) is 1.65. The highest BCUT2D eigenvalue weighted by Gasteiger charge is 2.34. The number of hydrogen-bond donors (Lipinski definition) is 1. The molecule has 0 unspecified atom stereocenters. The van der Waals surface area contributed by atoms with Crippen molar-refractivity contribution in [2.45, 2.75) is 25.0 Å². The number of β-amino-alcohol motifs (C(OH)–C–C–N with tert-alkyl or cyclic N) is 1. The number of nitrogens with zero attached hydrogens (tertiary/aromatic N) is 3. The summed E-state index contributed by atoms with van der Waals surface area (Å²) in [6.45, 7) is 2.90. The fraction of sp³-hybridized carbons (Fsp3) is 0.333. The lowest BCUT2D eigenvalue weighted by atomic mass is 9.97. The molecule has 0 radical (unpaired) electrons. The maximum atomic E-state index is 13.4. The van der Waals surface area contributed by atoms with Gasteiger partial charge < -0.3 is 10.0 Å². The van der Waals surface area contributed by atoms with Crippen molar-refractivity contribution in [3.05, 3.63) is 66.0 Å². The molecule has 2 aliphatic heterocycles. The topological polar surface area (TPSA) is 56.7 Å². The SMILES string of the molecule is O=C(c1cc(-c2ccc(F)cc2)nc2ccccc12)N1CCC(N2CC(O)C2)CC1. The third-order valence-corrected chi connectivity index (χ3v) is 6.25. The smallest absolute Gasteiger partial charge is 0.254 e. The zero-order valence-corrected chi connectivity index (χ0v) is 16.7. The Morgan fingerprint density at radius 1 is 1.03 bits per heavy atom. The van der Waals surface area contributed by atoms with Gasteiger partial charge >= 0.3 is 0 Å². The van der Waals surface area contributed by atoms with Gasteiger partial charge in [-0.2, -0.15) is 0 Å². The standard InChI is InChI=1S/C24H24FN3O2/c25-17-7-5-16(6-8-17)23-13-21(20-3-1-2-4-22(20)26-23)24(30)27-11-9-18(10-12-27)28-14-19(29)15-28/h1-8,13,18-19,29H,9-12,14-15H2. The van der Waals surface area contributed by atoms with E-state index in [0.29, 0.717) is 30.4 Å². The van der Waals surface area contributed by atoms with Crippen LogP contribution in [0.1, 0.15) is 23.2 Å². The summed E-state index contributed by atoms with van der Waals surface area (Å²) in [5.41, 5.74) is 2.85. The van der Waals surface area contributed by atoms with Gasteiger partial charge in [-0.15, -0.1) is 0 Å². The van der Waals surface area contributed by atoms with Gasteiger partial charge in [-0.25, -0.2) is 9.37 Å². The fourth-order valence-electron chi connectivity index (χ4n) is 4.51. The largest absolute Gasteiger partial charge is 0.390 e. The number of rotatable bonds is 3. The summed E-state index contributed by atoms with van der Waals surface area (Å²) < 4.78 is 13.3. The number of aromatic nitrogens is 1. The minimum absolute atomic E-state index is 0.0130. The molecule has 2 aromatic carbocycles. The van der Waals surface area contributed by atoms with Gasteiger partial charge in [0.2, 0.25) is 0 Å². The van der Waals surface area contributed by atoms with Gasteiger partial charge in [-0.1, -0.05) is 18.2 Å². The van der Waals surface area contributed by atoms with Gasteiger partial charge in [0.05, 0.1) is 22.9 Å². The van der Waals surface area contributed by atoms with Crippen LogP contribution in [0, 0.1) is 5.82 Å². The average molecular weight is 405 g/mol. The van der Waals surface area contributed by atoms with E-state index in [1.54, 1.807) is 12.1 Å². The van der Waals surface area contributed by atoms with E-state index in [0.717, 1.165) is 42.4 Å². The van der Waals surface area contributed by atoms with Crippen molar-refractivity contribution < 1.29 is 14.3 Å². The number of fused-ring (bicyclic) bond motifs is 1. The molecule has 30 heavy (non-hydrogen) atoms. The number of aliphatic hydroxyl groups is 1. The molecule has 0 spiro atoms. The molecule has 154 valence electrons. The second-order valence-electron chi connectivity index (χ2n) is 8.21. The predicted molar refractivity (Wildman–Crippen MR) is 114 cm³/mol. The zero-order chi connectivity index (χ0) is 20.7. The highest BCUT2D eigenvalue weighted by Crippen LogP contribution is 2.28. The van der Waals surface area contributed by atoms with Crippen LogP contribution >= 0.6 is 0 Å². The summed E-state index contributed by atoms with van der Waals surface area (Å²) >= 11 is 0. The van der Waals surface area contributed by atoms with Crippen molar-refractivity contribution in [3.63, 3.8) is 0 Å². The van der Waals surface area contributed by atoms with Gasteiger partial charge in [0.15, 0.2) is 0 Å². The number of likely N-dealkylation sites (tertiary alicyclic amines) is 2. The Labute approximate surface area is 174 Å². The van der Waals surface area contributed by atoms with Crippen molar-refractivity contribution in [2.75, 3.05) is 26.2 Å². The number of para-hydroxylation sites is 1. The molecule has 1 amide bonds. The van der Waals surface area contributed by atoms with E-state index < -0.39 is 0 Å². The van der Waals surface area contributed by atoms with Crippen LogP contribution in [-0.2, 0) is 0 Å². The highest BCUT2D eigenvalue weighted by atomic mass is 19.1. The first kappa shape index (κ1) is 19.2. The quantitative estimate of drug-likeness (QED) is 0.726. The van der Waals surface area contributed by atoms with Crippen molar-refractivity contribution >= 4 is 16.8 Å². The molecule has 2 fully saturated rings. The van der Waals surface area contributed by atoms with Gasteiger partial charge in [0.1, 0.15) is 5.82 Å². The molecule has 5 nitrogen and oxygen atoms in total. The van der Waals surface area contributed by atoms with Gasteiger partial charge in [-0.05, 0) is 49.2 Å². The first-order valence-electron chi connectivity index (χ1n) is 10.5. The molecule has 1 N–H and O–H groups in total. The molecule has 3 aromatic rings. The Hall–Kier alpha value is -2.83. The van der Waals surface area contributed by atoms with Crippen LogP contribution < -0.4 is 0 Å². The number of hydrogen-bond acceptors (Lipinski definition) is 4. The number of pyridine rings is 1. The van der Waals surface area contributed by atoms with Crippen molar-refractivity contribution in [2.24, 2.45) is 0 Å². The molecule has 0 bridgehead atoms. The molecular weight excluding hydrogens is 381 g/mol. The van der Waals surface area contributed by atoms with Crippen molar-refractivity contribution in [1.82, 2.24) is 14.8 Å². The molecule has 5 rings (SSSR count). The third kappa shape index (κ3) is 3.57. The number of carbonyl (C=O) groups excluding carboxylic acids is 1. The van der Waals surface area contributed by atoms with Crippen LogP contribution in [0.15, 0.2) is 54.6 Å². The second kappa shape index (κ2) is 7.78. The molecule has 0 saturated carbocycles. The minimum atomic E-state index is -0.298. The van der Waals surface area contributed by atoms with Crippen LogP contribution in [0.2, 0.25) is 0 Å². The maximum absolute atomic E-state index is 13.4. The summed E-state index contributed by atoms with van der Waals surface area (Å²) in [5.74, 6) is -0.285. The Kier molecular flexibility index (Phi) is 4.97. The Morgan fingerprint density at radius 2 is 1.73 bits per heavy atom. The average Bonchev–Trinajstić information content (AvgIpc) is 2.76. The number of benzene rings is 2. The second-order valence-corrected chi connectivity index (χ2v) is 8.21. The van der Waals surface area contributed by atoms with Crippen molar-refractivity contribution in [1.29, 1.82) is 0 Å². The lowest BCUT2D eigenvalue weighted by Gasteiger charge is -2.45. The molecule has 6 heteroatoms. The van der Waals surface area contributed by atoms with Crippen LogP contribution in [0.25, 0.3) is 22.2 Å². The Bertz CT molecular complexity index is 1070. The van der Waals surface area contributed by atoms with Gasteiger partial charge in [0, 0.05) is 43.2 Å².